The summed E-state index contributed by atoms with van der Waals surface area (Å²) in [6, 6.07) is 5.96. The Kier molecular flexibility index (Phi) is 3.53. The lowest BCUT2D eigenvalue weighted by molar-refractivity contribution is -0.464. The van der Waals surface area contributed by atoms with Gasteiger partial charge in [-0.3, -0.25) is 4.58 Å². The molecule has 0 bridgehead atoms. The molecule has 0 aliphatic rings. The number of aryl methyl sites for hydroxylation is 1. The number of halogens is 1. The third-order valence-corrected chi connectivity index (χ3v) is 2.58. The fourth-order valence-corrected chi connectivity index (χ4v) is 1.17. The van der Waals surface area contributed by atoms with Crippen LogP contribution in [0.15, 0.2) is 18.2 Å². The van der Waals surface area contributed by atoms with Gasteiger partial charge in [0.05, 0.1) is 14.1 Å². The molecule has 1 aromatic rings. The Hall–Kier alpha value is -1.02. The zero-order valence-corrected chi connectivity index (χ0v) is 9.81. The molecule has 1 N–H and O–H groups in total. The highest BCUT2D eigenvalue weighted by molar-refractivity contribution is 6.31. The van der Waals surface area contributed by atoms with Gasteiger partial charge in [-0.25, -0.2) is 5.32 Å². The van der Waals surface area contributed by atoms with Crippen molar-refractivity contribution < 1.29 is 4.58 Å². The topological polar surface area (TPSA) is 15.0 Å². The van der Waals surface area contributed by atoms with Crippen molar-refractivity contribution in [3.05, 3.63) is 28.8 Å². The second kappa shape index (κ2) is 4.47. The van der Waals surface area contributed by atoms with Gasteiger partial charge in [0.2, 0.25) is 5.84 Å². The normalized spacial score (nSPS) is 9.79. The molecule has 0 spiro atoms. The van der Waals surface area contributed by atoms with Crippen LogP contribution in [0.5, 0.6) is 0 Å². The Morgan fingerprint density at radius 1 is 1.36 bits per heavy atom. The minimum absolute atomic E-state index is 0.793. The summed E-state index contributed by atoms with van der Waals surface area (Å²) in [6.07, 6.45) is 0. The quantitative estimate of drug-likeness (QED) is 0.429. The number of nitrogens with one attached hydrogen (secondary N) is 1. The first-order valence-electron chi connectivity index (χ1n) is 4.55. The van der Waals surface area contributed by atoms with Crippen LogP contribution in [0.1, 0.15) is 12.5 Å². The van der Waals surface area contributed by atoms with E-state index in [1.807, 2.05) is 50.7 Å². The molecule has 14 heavy (non-hydrogen) atoms. The summed E-state index contributed by atoms with van der Waals surface area (Å²) in [5.41, 5.74) is 2.12. The zero-order chi connectivity index (χ0) is 10.7. The monoisotopic (exact) mass is 211 g/mol. The molecule has 0 unspecified atom stereocenters. The number of anilines is 1. The molecule has 0 aliphatic carbocycles. The molecule has 0 aliphatic heterocycles. The summed E-state index contributed by atoms with van der Waals surface area (Å²) in [6.45, 7) is 4.02. The summed E-state index contributed by atoms with van der Waals surface area (Å²) in [5.74, 6) is 1.09. The van der Waals surface area contributed by atoms with Gasteiger partial charge in [0, 0.05) is 18.0 Å². The number of amidine groups is 1. The third kappa shape index (κ3) is 2.74. The predicted molar refractivity (Wildman–Crippen MR) is 62.6 cm³/mol. The van der Waals surface area contributed by atoms with Gasteiger partial charge in [0.1, 0.15) is 5.69 Å². The molecule has 0 heterocycles. The van der Waals surface area contributed by atoms with Gasteiger partial charge in [-0.05, 0) is 18.6 Å². The number of nitrogens with zero attached hydrogens (tertiary/aromatic N) is 1. The predicted octanol–water partition coefficient (Wildman–Crippen LogP) is 2.75. The molecule has 0 atom stereocenters. The lowest BCUT2D eigenvalue weighted by Gasteiger charge is -2.03. The van der Waals surface area contributed by atoms with Crippen LogP contribution in [-0.2, 0) is 0 Å². The maximum absolute atomic E-state index is 6.01. The molecule has 2 nitrogen and oxygen atoms in total. The van der Waals surface area contributed by atoms with Gasteiger partial charge in [-0.1, -0.05) is 17.7 Å². The van der Waals surface area contributed by atoms with Crippen LogP contribution in [0, 0.1) is 6.92 Å². The van der Waals surface area contributed by atoms with E-state index in [-0.39, 0.29) is 0 Å². The molecule has 0 fully saturated rings. The van der Waals surface area contributed by atoms with Crippen molar-refractivity contribution in [3.63, 3.8) is 0 Å². The highest BCUT2D eigenvalue weighted by Gasteiger charge is 2.04. The van der Waals surface area contributed by atoms with E-state index in [0.717, 1.165) is 22.1 Å². The Morgan fingerprint density at radius 2 is 2.00 bits per heavy atom. The van der Waals surface area contributed by atoms with E-state index in [0.29, 0.717) is 0 Å². The first kappa shape index (κ1) is 11.1. The van der Waals surface area contributed by atoms with E-state index in [4.69, 9.17) is 11.6 Å². The van der Waals surface area contributed by atoms with E-state index in [9.17, 15) is 0 Å². The van der Waals surface area contributed by atoms with Crippen LogP contribution in [-0.4, -0.2) is 24.5 Å². The zero-order valence-electron chi connectivity index (χ0n) is 9.06. The van der Waals surface area contributed by atoms with Gasteiger partial charge < -0.3 is 0 Å². The fourth-order valence-electron chi connectivity index (χ4n) is 0.991. The molecule has 0 radical (unpaired) electrons. The first-order valence-corrected chi connectivity index (χ1v) is 4.92. The maximum Gasteiger partial charge on any atom is 0.246 e. The van der Waals surface area contributed by atoms with E-state index in [1.54, 1.807) is 0 Å². The molecular weight excluding hydrogens is 196 g/mol. The molecule has 1 aromatic carbocycles. The van der Waals surface area contributed by atoms with Gasteiger partial charge in [-0.2, -0.15) is 0 Å². The fraction of sp³-hybridized carbons (Fsp3) is 0.364. The molecular formula is C11H16ClN2+. The Balaban J connectivity index is 2.89. The molecule has 1 rings (SSSR count). The average Bonchev–Trinajstić information content (AvgIpc) is 2.11. The molecule has 0 amide bonds. The van der Waals surface area contributed by atoms with E-state index in [1.165, 1.54) is 0 Å². The largest absolute Gasteiger partial charge is 0.271 e. The standard InChI is InChI=1S/C11H15ClN2/c1-8-5-6-10(7-11(8)12)13-9(2)14(3)4/h5-7H,1-4H3/p+1. The van der Waals surface area contributed by atoms with Crippen LogP contribution in [0.3, 0.4) is 0 Å². The number of benzene rings is 1. The Labute approximate surface area is 90.2 Å². The lowest BCUT2D eigenvalue weighted by atomic mass is 10.2. The molecule has 3 heteroatoms. The van der Waals surface area contributed by atoms with Crippen LogP contribution >= 0.6 is 11.6 Å². The van der Waals surface area contributed by atoms with Crippen molar-refractivity contribution in [1.29, 1.82) is 0 Å². The van der Waals surface area contributed by atoms with Crippen molar-refractivity contribution in [1.82, 2.24) is 0 Å². The highest BCUT2D eigenvalue weighted by Crippen LogP contribution is 2.19. The third-order valence-electron chi connectivity index (χ3n) is 2.17. The molecule has 76 valence electrons. The van der Waals surface area contributed by atoms with Crippen molar-refractivity contribution in [2.45, 2.75) is 13.8 Å². The molecule has 0 saturated heterocycles. The SMILES string of the molecule is CC(Nc1ccc(C)c(Cl)c1)=[N+](C)C. The van der Waals surface area contributed by atoms with Gasteiger partial charge in [0.25, 0.3) is 0 Å². The maximum atomic E-state index is 6.01. The van der Waals surface area contributed by atoms with Gasteiger partial charge in [-0.15, -0.1) is 0 Å². The van der Waals surface area contributed by atoms with Crippen molar-refractivity contribution in [2.75, 3.05) is 19.4 Å². The van der Waals surface area contributed by atoms with Crippen LogP contribution in [0.4, 0.5) is 5.69 Å². The van der Waals surface area contributed by atoms with Crippen LogP contribution < -0.4 is 5.32 Å². The minimum Gasteiger partial charge on any atom is -0.271 e. The smallest absolute Gasteiger partial charge is 0.246 e. The van der Waals surface area contributed by atoms with E-state index >= 15 is 0 Å². The highest BCUT2D eigenvalue weighted by atomic mass is 35.5. The van der Waals surface area contributed by atoms with Crippen LogP contribution in [0.2, 0.25) is 5.02 Å². The summed E-state index contributed by atoms with van der Waals surface area (Å²) >= 11 is 6.01. The number of hydrogen-bond donors (Lipinski definition) is 1. The van der Waals surface area contributed by atoms with E-state index < -0.39 is 0 Å². The summed E-state index contributed by atoms with van der Waals surface area (Å²) in [5, 5.41) is 4.06. The van der Waals surface area contributed by atoms with Crippen molar-refractivity contribution >= 4 is 23.1 Å². The summed E-state index contributed by atoms with van der Waals surface area (Å²) in [7, 11) is 4.00. The second-order valence-electron chi connectivity index (χ2n) is 3.57. The molecule has 0 aromatic heterocycles. The van der Waals surface area contributed by atoms with Crippen molar-refractivity contribution in [2.24, 2.45) is 0 Å². The number of rotatable bonds is 1. The van der Waals surface area contributed by atoms with E-state index in [2.05, 4.69) is 5.32 Å². The minimum atomic E-state index is 0.793. The van der Waals surface area contributed by atoms with Gasteiger partial charge in [0.15, 0.2) is 0 Å². The Bertz CT molecular complexity index is 366. The summed E-state index contributed by atoms with van der Waals surface area (Å²) < 4.78 is 2.02. The average molecular weight is 212 g/mol. The van der Waals surface area contributed by atoms with Gasteiger partial charge >= 0.3 is 0 Å². The summed E-state index contributed by atoms with van der Waals surface area (Å²) in [4.78, 5) is 0. The second-order valence-corrected chi connectivity index (χ2v) is 3.98. The van der Waals surface area contributed by atoms with Crippen LogP contribution in [0.25, 0.3) is 0 Å². The molecule has 0 saturated carbocycles. The first-order chi connectivity index (χ1) is 6.50. The lowest BCUT2D eigenvalue weighted by Crippen LogP contribution is -2.18. The Morgan fingerprint density at radius 3 is 2.50 bits per heavy atom. The van der Waals surface area contributed by atoms with Crippen molar-refractivity contribution in [3.8, 4) is 0 Å². The number of hydrogen-bond acceptors (Lipinski definition) is 0.